The van der Waals surface area contributed by atoms with Gasteiger partial charge in [0.2, 0.25) is 0 Å². The Balaban J connectivity index is 1.66. The van der Waals surface area contributed by atoms with Crippen LogP contribution in [0.25, 0.3) is 63.1 Å². The van der Waals surface area contributed by atoms with Crippen LogP contribution in [0.15, 0.2) is 84.4 Å². The minimum absolute atomic E-state index is 0.972. The molecule has 0 atom stereocenters. The highest BCUT2D eigenvalue weighted by Crippen LogP contribution is 2.42. The predicted molar refractivity (Wildman–Crippen MR) is 131 cm³/mol. The van der Waals surface area contributed by atoms with Gasteiger partial charge < -0.3 is 0 Å². The van der Waals surface area contributed by atoms with E-state index < -0.39 is 0 Å². The third-order valence-electron chi connectivity index (χ3n) is 5.89. The van der Waals surface area contributed by atoms with Gasteiger partial charge in [-0.15, -0.1) is 27.8 Å². The number of hydrogen-bond donors (Lipinski definition) is 0. The zero-order valence-corrected chi connectivity index (χ0v) is 17.4. The minimum Gasteiger partial charge on any atom is -0.158 e. The number of aromatic nitrogens is 2. The fourth-order valence-corrected chi connectivity index (χ4v) is 6.59. The standard InChI is InChI=1S/C26H14N2S2/c1-3-7-23-17(6-1)22(14-29-23)20-11-15-12-21-16-5-2-4-8-24(16)30-25(21)13-19(15)26-18(20)9-10-27-28-26/h1-14H. The molecule has 3 heterocycles. The van der Waals surface area contributed by atoms with Crippen molar-refractivity contribution < 1.29 is 0 Å². The molecule has 7 aromatic rings. The molecule has 7 rings (SSSR count). The Morgan fingerprint density at radius 1 is 0.600 bits per heavy atom. The number of hydrogen-bond acceptors (Lipinski definition) is 4. The van der Waals surface area contributed by atoms with Gasteiger partial charge in [-0.25, -0.2) is 0 Å². The molecule has 0 aliphatic heterocycles. The van der Waals surface area contributed by atoms with Crippen molar-refractivity contribution in [3.63, 3.8) is 0 Å². The minimum atomic E-state index is 0.972. The molecular weight excluding hydrogens is 404 g/mol. The van der Waals surface area contributed by atoms with Gasteiger partial charge in [-0.3, -0.25) is 0 Å². The van der Waals surface area contributed by atoms with Crippen LogP contribution in [-0.2, 0) is 0 Å². The average Bonchev–Trinajstić information content (AvgIpc) is 3.38. The Bertz CT molecular complexity index is 1760. The highest BCUT2D eigenvalue weighted by molar-refractivity contribution is 7.25. The van der Waals surface area contributed by atoms with Gasteiger partial charge in [0, 0.05) is 46.6 Å². The molecule has 3 aromatic heterocycles. The van der Waals surface area contributed by atoms with E-state index in [2.05, 4.69) is 88.4 Å². The number of thiophene rings is 2. The number of nitrogens with zero attached hydrogens (tertiary/aromatic N) is 2. The lowest BCUT2D eigenvalue weighted by Crippen LogP contribution is -1.88. The zero-order chi connectivity index (χ0) is 19.7. The summed E-state index contributed by atoms with van der Waals surface area (Å²) in [6.45, 7) is 0. The zero-order valence-electron chi connectivity index (χ0n) is 15.8. The van der Waals surface area contributed by atoms with Crippen molar-refractivity contribution in [3.8, 4) is 11.1 Å². The lowest BCUT2D eigenvalue weighted by atomic mass is 9.95. The summed E-state index contributed by atoms with van der Waals surface area (Å²) < 4.78 is 3.92. The fraction of sp³-hybridized carbons (Fsp3) is 0. The number of fused-ring (bicyclic) bond motifs is 7. The van der Waals surface area contributed by atoms with Crippen LogP contribution in [0.2, 0.25) is 0 Å². The third kappa shape index (κ3) is 2.23. The van der Waals surface area contributed by atoms with E-state index in [1.807, 2.05) is 11.3 Å². The molecule has 2 nitrogen and oxygen atoms in total. The molecule has 0 aliphatic rings. The van der Waals surface area contributed by atoms with Crippen LogP contribution >= 0.6 is 22.7 Å². The van der Waals surface area contributed by atoms with Crippen LogP contribution in [0.3, 0.4) is 0 Å². The van der Waals surface area contributed by atoms with Gasteiger partial charge in [0.15, 0.2) is 0 Å². The van der Waals surface area contributed by atoms with Gasteiger partial charge in [0.25, 0.3) is 0 Å². The summed E-state index contributed by atoms with van der Waals surface area (Å²) in [5.41, 5.74) is 3.47. The summed E-state index contributed by atoms with van der Waals surface area (Å²) >= 11 is 3.64. The van der Waals surface area contributed by atoms with Crippen molar-refractivity contribution >= 4 is 74.6 Å². The highest BCUT2D eigenvalue weighted by Gasteiger charge is 2.15. The molecule has 0 bridgehead atoms. The van der Waals surface area contributed by atoms with Crippen LogP contribution < -0.4 is 0 Å². The van der Waals surface area contributed by atoms with E-state index in [-0.39, 0.29) is 0 Å². The third-order valence-corrected chi connectivity index (χ3v) is 7.98. The molecule has 0 fully saturated rings. The molecule has 4 aromatic carbocycles. The molecule has 0 saturated carbocycles. The van der Waals surface area contributed by atoms with Gasteiger partial charge >= 0.3 is 0 Å². The van der Waals surface area contributed by atoms with Gasteiger partial charge in [-0.05, 0) is 52.7 Å². The van der Waals surface area contributed by atoms with Crippen molar-refractivity contribution in [2.45, 2.75) is 0 Å². The first-order chi connectivity index (χ1) is 14.9. The molecular formula is C26H14N2S2. The lowest BCUT2D eigenvalue weighted by Gasteiger charge is -2.10. The van der Waals surface area contributed by atoms with Gasteiger partial charge in [0.05, 0.1) is 6.20 Å². The Morgan fingerprint density at radius 3 is 2.37 bits per heavy atom. The molecule has 0 amide bonds. The number of benzene rings is 4. The second-order valence-corrected chi connectivity index (χ2v) is 9.53. The van der Waals surface area contributed by atoms with Crippen molar-refractivity contribution in [3.05, 3.63) is 84.4 Å². The van der Waals surface area contributed by atoms with E-state index in [1.165, 1.54) is 52.2 Å². The fourth-order valence-electron chi connectivity index (χ4n) is 4.50. The summed E-state index contributed by atoms with van der Waals surface area (Å²) in [5, 5.41) is 18.5. The van der Waals surface area contributed by atoms with Crippen molar-refractivity contribution in [1.29, 1.82) is 0 Å². The summed E-state index contributed by atoms with van der Waals surface area (Å²) in [4.78, 5) is 0. The second kappa shape index (κ2) is 6.08. The molecule has 0 radical (unpaired) electrons. The summed E-state index contributed by atoms with van der Waals surface area (Å²) in [7, 11) is 0. The Hall–Kier alpha value is -3.34. The largest absolute Gasteiger partial charge is 0.158 e. The van der Waals surface area contributed by atoms with Gasteiger partial charge in [-0.2, -0.15) is 5.10 Å². The van der Waals surface area contributed by atoms with Gasteiger partial charge in [-0.1, -0.05) is 36.4 Å². The molecule has 0 spiro atoms. The maximum absolute atomic E-state index is 4.58. The maximum Gasteiger partial charge on any atom is 0.101 e. The summed E-state index contributed by atoms with van der Waals surface area (Å²) in [6, 6.07) is 26.3. The molecule has 0 unspecified atom stereocenters. The Morgan fingerprint density at radius 2 is 1.43 bits per heavy atom. The molecule has 0 N–H and O–H groups in total. The molecule has 4 heteroatoms. The molecule has 140 valence electrons. The SMILES string of the molecule is c1ccc2c(-c3cc4cc5c(cc4c4nnccc34)sc3ccccc35)csc2c1. The maximum atomic E-state index is 4.58. The van der Waals surface area contributed by atoms with E-state index in [0.717, 1.165) is 10.9 Å². The topological polar surface area (TPSA) is 25.8 Å². The van der Waals surface area contributed by atoms with Crippen LogP contribution in [-0.4, -0.2) is 10.2 Å². The average molecular weight is 419 g/mol. The van der Waals surface area contributed by atoms with Crippen LogP contribution in [0, 0.1) is 0 Å². The van der Waals surface area contributed by atoms with E-state index in [4.69, 9.17) is 0 Å². The summed E-state index contributed by atoms with van der Waals surface area (Å²) in [5.74, 6) is 0. The molecule has 0 saturated heterocycles. The smallest absolute Gasteiger partial charge is 0.101 e. The van der Waals surface area contributed by atoms with Crippen molar-refractivity contribution in [2.24, 2.45) is 0 Å². The van der Waals surface area contributed by atoms with Crippen LogP contribution in [0.5, 0.6) is 0 Å². The molecule has 0 aliphatic carbocycles. The quantitative estimate of drug-likeness (QED) is 0.252. The monoisotopic (exact) mass is 418 g/mol. The van der Waals surface area contributed by atoms with Crippen LogP contribution in [0.1, 0.15) is 0 Å². The first-order valence-corrected chi connectivity index (χ1v) is 11.5. The highest BCUT2D eigenvalue weighted by atomic mass is 32.1. The van der Waals surface area contributed by atoms with E-state index in [0.29, 0.717) is 0 Å². The van der Waals surface area contributed by atoms with E-state index >= 15 is 0 Å². The Labute approximate surface area is 180 Å². The molecule has 30 heavy (non-hydrogen) atoms. The normalized spacial score (nSPS) is 12.0. The van der Waals surface area contributed by atoms with Gasteiger partial charge in [0.1, 0.15) is 5.52 Å². The van der Waals surface area contributed by atoms with Crippen molar-refractivity contribution in [2.75, 3.05) is 0 Å². The summed E-state index contributed by atoms with van der Waals surface area (Å²) in [6.07, 6.45) is 1.80. The number of rotatable bonds is 1. The van der Waals surface area contributed by atoms with E-state index in [9.17, 15) is 0 Å². The first-order valence-electron chi connectivity index (χ1n) is 9.83. The first kappa shape index (κ1) is 16.5. The second-order valence-electron chi connectivity index (χ2n) is 7.53. The van der Waals surface area contributed by atoms with Crippen LogP contribution in [0.4, 0.5) is 0 Å². The van der Waals surface area contributed by atoms with E-state index in [1.54, 1.807) is 17.5 Å². The predicted octanol–water partition coefficient (Wildman–Crippen LogP) is 8.03. The lowest BCUT2D eigenvalue weighted by molar-refractivity contribution is 1.08. The Kier molecular flexibility index (Phi) is 3.34. The van der Waals surface area contributed by atoms with Crippen molar-refractivity contribution in [1.82, 2.24) is 10.2 Å².